The summed E-state index contributed by atoms with van der Waals surface area (Å²) in [5.74, 6) is -0.123. The zero-order valence-electron chi connectivity index (χ0n) is 18.8. The lowest BCUT2D eigenvalue weighted by molar-refractivity contribution is -0.129. The van der Waals surface area contributed by atoms with Gasteiger partial charge in [-0.1, -0.05) is 72.8 Å². The van der Waals surface area contributed by atoms with Crippen LogP contribution >= 0.6 is 0 Å². The molecule has 1 aliphatic rings. The van der Waals surface area contributed by atoms with E-state index in [1.54, 1.807) is 36.4 Å². The van der Waals surface area contributed by atoms with E-state index in [0.717, 1.165) is 5.56 Å². The first-order valence-electron chi connectivity index (χ1n) is 10.9. The van der Waals surface area contributed by atoms with Crippen molar-refractivity contribution in [3.63, 3.8) is 0 Å². The highest BCUT2D eigenvalue weighted by atomic mass is 32.2. The lowest BCUT2D eigenvalue weighted by Gasteiger charge is -2.36. The molecule has 1 aliphatic heterocycles. The largest absolute Gasteiger partial charge is 0.476 e. The number of hydrogen-bond donors (Lipinski definition) is 1. The van der Waals surface area contributed by atoms with Crippen LogP contribution in [0.25, 0.3) is 0 Å². The first kappa shape index (κ1) is 22.9. The maximum Gasteiger partial charge on any atom is 0.263 e. The highest BCUT2D eigenvalue weighted by Gasteiger charge is 2.38. The van der Waals surface area contributed by atoms with Crippen LogP contribution in [-0.4, -0.2) is 32.5 Å². The second-order valence-electron chi connectivity index (χ2n) is 8.88. The molecule has 0 fully saturated rings. The maximum absolute atomic E-state index is 13.4. The number of fused-ring (bicyclic) bond motifs is 1. The second-order valence-corrected chi connectivity index (χ2v) is 10.8. The van der Waals surface area contributed by atoms with Crippen LogP contribution in [0.4, 0.5) is 5.69 Å². The van der Waals surface area contributed by atoms with Crippen molar-refractivity contribution in [2.24, 2.45) is 0 Å². The van der Waals surface area contributed by atoms with Crippen molar-refractivity contribution in [2.45, 2.75) is 37.7 Å². The van der Waals surface area contributed by atoms with Crippen molar-refractivity contribution in [1.82, 2.24) is 5.32 Å². The van der Waals surface area contributed by atoms with Gasteiger partial charge in [0.05, 0.1) is 18.0 Å². The molecule has 1 amide bonds. The number of para-hydroxylation sites is 2. The molecule has 1 unspecified atom stereocenters. The Morgan fingerprint density at radius 3 is 2.18 bits per heavy atom. The first-order valence-corrected chi connectivity index (χ1v) is 12.5. The van der Waals surface area contributed by atoms with Gasteiger partial charge in [-0.25, -0.2) is 8.42 Å². The number of nitrogens with one attached hydrogen (secondary N) is 1. The van der Waals surface area contributed by atoms with E-state index in [0.29, 0.717) is 23.4 Å². The quantitative estimate of drug-likeness (QED) is 0.575. The van der Waals surface area contributed by atoms with Crippen molar-refractivity contribution in [3.05, 3.63) is 96.1 Å². The van der Waals surface area contributed by atoms with Crippen LogP contribution in [0.2, 0.25) is 0 Å². The predicted octanol–water partition coefficient (Wildman–Crippen LogP) is 3.92. The van der Waals surface area contributed by atoms with Gasteiger partial charge in [0.2, 0.25) is 10.0 Å². The molecule has 1 N–H and O–H groups in total. The molecule has 33 heavy (non-hydrogen) atoms. The summed E-state index contributed by atoms with van der Waals surface area (Å²) in [7, 11) is -3.74. The molecule has 6 nitrogen and oxygen atoms in total. The average Bonchev–Trinajstić information content (AvgIpc) is 2.78. The fourth-order valence-electron chi connectivity index (χ4n) is 4.03. The molecular weight excluding hydrogens is 436 g/mol. The Morgan fingerprint density at radius 2 is 1.52 bits per heavy atom. The number of carbonyl (C=O) groups excluding carboxylic acids is 1. The molecule has 1 heterocycles. The van der Waals surface area contributed by atoms with Crippen LogP contribution in [0.15, 0.2) is 84.9 Å². The predicted molar refractivity (Wildman–Crippen MR) is 130 cm³/mol. The van der Waals surface area contributed by atoms with Crippen molar-refractivity contribution in [2.75, 3.05) is 10.8 Å². The van der Waals surface area contributed by atoms with E-state index in [1.165, 1.54) is 4.31 Å². The minimum absolute atomic E-state index is 0.0839. The minimum Gasteiger partial charge on any atom is -0.476 e. The van der Waals surface area contributed by atoms with Crippen molar-refractivity contribution in [1.29, 1.82) is 0 Å². The normalized spacial score (nSPS) is 15.9. The van der Waals surface area contributed by atoms with Crippen LogP contribution in [0.3, 0.4) is 0 Å². The lowest BCUT2D eigenvalue weighted by Crippen LogP contribution is -2.55. The number of anilines is 1. The molecule has 7 heteroatoms. The standard InChI is InChI=1S/C26H28N2O4S/c1-26(2,17-20-11-5-3-6-12-20)27-25(29)24-18-28(22-15-9-10-16-23(22)32-24)33(30,31)19-21-13-7-4-8-14-21/h3-16,24H,17-19H2,1-2H3,(H,27,29). The minimum atomic E-state index is -3.74. The van der Waals surface area contributed by atoms with E-state index in [-0.39, 0.29) is 18.2 Å². The van der Waals surface area contributed by atoms with Crippen LogP contribution in [0, 0.1) is 0 Å². The topological polar surface area (TPSA) is 75.7 Å². The number of hydrogen-bond acceptors (Lipinski definition) is 4. The Morgan fingerprint density at radius 1 is 0.939 bits per heavy atom. The molecule has 0 spiro atoms. The third-order valence-electron chi connectivity index (χ3n) is 5.51. The molecule has 3 aromatic carbocycles. The third kappa shape index (κ3) is 5.54. The molecule has 0 bridgehead atoms. The van der Waals surface area contributed by atoms with Crippen molar-refractivity contribution >= 4 is 21.6 Å². The summed E-state index contributed by atoms with van der Waals surface area (Å²) >= 11 is 0. The Kier molecular flexibility index (Phi) is 6.42. The van der Waals surface area contributed by atoms with Gasteiger partial charge in [-0.3, -0.25) is 9.10 Å². The van der Waals surface area contributed by atoms with Gasteiger partial charge in [-0.15, -0.1) is 0 Å². The van der Waals surface area contributed by atoms with E-state index in [1.807, 2.05) is 62.4 Å². The van der Waals surface area contributed by atoms with Crippen LogP contribution in [0.1, 0.15) is 25.0 Å². The summed E-state index contributed by atoms with van der Waals surface area (Å²) in [5.41, 5.74) is 1.70. The molecule has 3 aromatic rings. The Hall–Kier alpha value is -3.32. The van der Waals surface area contributed by atoms with Crippen LogP contribution < -0.4 is 14.4 Å². The van der Waals surface area contributed by atoms with Gasteiger partial charge >= 0.3 is 0 Å². The maximum atomic E-state index is 13.4. The molecule has 1 atom stereocenters. The van der Waals surface area contributed by atoms with E-state index >= 15 is 0 Å². The summed E-state index contributed by atoms with van der Waals surface area (Å²) in [5, 5.41) is 3.04. The van der Waals surface area contributed by atoms with Crippen molar-refractivity contribution in [3.8, 4) is 5.75 Å². The summed E-state index contributed by atoms with van der Waals surface area (Å²) < 4.78 is 33.9. The molecule has 172 valence electrons. The van der Waals surface area contributed by atoms with Gasteiger partial charge in [-0.2, -0.15) is 0 Å². The SMILES string of the molecule is CC(C)(Cc1ccccc1)NC(=O)C1CN(S(=O)(=O)Cc2ccccc2)c2ccccc2O1. The summed E-state index contributed by atoms with van der Waals surface area (Å²) in [6.07, 6.45) is -0.320. The van der Waals surface area contributed by atoms with E-state index in [4.69, 9.17) is 4.74 Å². The molecule has 0 aliphatic carbocycles. The Bertz CT molecular complexity index is 1210. The molecule has 0 radical (unpaired) electrons. The summed E-state index contributed by atoms with van der Waals surface area (Å²) in [6, 6.07) is 25.8. The van der Waals surface area contributed by atoms with Crippen LogP contribution in [0.5, 0.6) is 5.75 Å². The average molecular weight is 465 g/mol. The summed E-state index contributed by atoms with van der Waals surface area (Å²) in [6.45, 7) is 3.80. The van der Waals surface area contributed by atoms with Gasteiger partial charge in [-0.05, 0) is 43.5 Å². The molecule has 0 saturated heterocycles. The number of carbonyl (C=O) groups is 1. The summed E-state index contributed by atoms with van der Waals surface area (Å²) in [4.78, 5) is 13.2. The Labute approximate surface area is 195 Å². The smallest absolute Gasteiger partial charge is 0.263 e. The zero-order chi connectivity index (χ0) is 23.5. The number of nitrogens with zero attached hydrogens (tertiary/aromatic N) is 1. The fraction of sp³-hybridized carbons (Fsp3) is 0.269. The number of ether oxygens (including phenoxy) is 1. The molecular formula is C26H28N2O4S. The first-order chi connectivity index (χ1) is 15.7. The molecule has 4 rings (SSSR count). The van der Waals surface area contributed by atoms with E-state index in [9.17, 15) is 13.2 Å². The molecule has 0 aromatic heterocycles. The van der Waals surface area contributed by atoms with Gasteiger partial charge in [0.15, 0.2) is 6.10 Å². The lowest BCUT2D eigenvalue weighted by atomic mass is 9.94. The monoisotopic (exact) mass is 464 g/mol. The highest BCUT2D eigenvalue weighted by Crippen LogP contribution is 2.36. The van der Waals surface area contributed by atoms with E-state index < -0.39 is 21.7 Å². The zero-order valence-corrected chi connectivity index (χ0v) is 19.6. The molecule has 0 saturated carbocycles. The van der Waals surface area contributed by atoms with Gasteiger partial charge < -0.3 is 10.1 Å². The Balaban J connectivity index is 1.55. The van der Waals surface area contributed by atoms with Gasteiger partial charge in [0.25, 0.3) is 5.91 Å². The number of amides is 1. The van der Waals surface area contributed by atoms with E-state index in [2.05, 4.69) is 5.32 Å². The van der Waals surface area contributed by atoms with Crippen LogP contribution in [-0.2, 0) is 27.0 Å². The fourth-order valence-corrected chi connectivity index (χ4v) is 5.61. The number of sulfonamides is 1. The van der Waals surface area contributed by atoms with Gasteiger partial charge in [0.1, 0.15) is 5.75 Å². The second kappa shape index (κ2) is 9.27. The number of rotatable bonds is 7. The third-order valence-corrected chi connectivity index (χ3v) is 7.22. The number of benzene rings is 3. The highest BCUT2D eigenvalue weighted by molar-refractivity contribution is 7.92. The van der Waals surface area contributed by atoms with Gasteiger partial charge in [0, 0.05) is 5.54 Å². The van der Waals surface area contributed by atoms with Crippen molar-refractivity contribution < 1.29 is 17.9 Å².